The second kappa shape index (κ2) is 8.37. The van der Waals surface area contributed by atoms with Crippen molar-refractivity contribution in [3.8, 4) is 0 Å². The van der Waals surface area contributed by atoms with E-state index < -0.39 is 11.4 Å². The first kappa shape index (κ1) is 18.0. The number of amides is 1. The van der Waals surface area contributed by atoms with Crippen molar-refractivity contribution < 1.29 is 14.7 Å². The Morgan fingerprint density at radius 2 is 1.62 bits per heavy atom. The van der Waals surface area contributed by atoms with Crippen molar-refractivity contribution in [2.75, 3.05) is 32.7 Å². The van der Waals surface area contributed by atoms with Crippen LogP contribution in [0.15, 0.2) is 0 Å². The standard InChI is InChI=1S/C16H30N2O3/c1-4-9-18(10-5-2)14(19)13-17-11-7-16(6-3,8-12-17)15(20)21/h4-13H2,1-3H3,(H,20,21). The number of likely N-dealkylation sites (tertiary alicyclic amines) is 1. The van der Waals surface area contributed by atoms with E-state index in [4.69, 9.17) is 0 Å². The molecule has 0 aromatic heterocycles. The van der Waals surface area contributed by atoms with Crippen molar-refractivity contribution in [2.45, 2.75) is 52.9 Å². The number of nitrogens with zero attached hydrogens (tertiary/aromatic N) is 2. The van der Waals surface area contributed by atoms with Gasteiger partial charge >= 0.3 is 5.97 Å². The maximum absolute atomic E-state index is 12.3. The summed E-state index contributed by atoms with van der Waals surface area (Å²) in [4.78, 5) is 27.8. The molecule has 0 aromatic rings. The highest BCUT2D eigenvalue weighted by molar-refractivity contribution is 5.78. The fraction of sp³-hybridized carbons (Fsp3) is 0.875. The van der Waals surface area contributed by atoms with E-state index in [9.17, 15) is 14.7 Å². The molecular formula is C16H30N2O3. The minimum atomic E-state index is -0.686. The molecule has 1 heterocycles. The van der Waals surface area contributed by atoms with Crippen LogP contribution in [0.25, 0.3) is 0 Å². The summed E-state index contributed by atoms with van der Waals surface area (Å²) in [5.41, 5.74) is -0.577. The maximum atomic E-state index is 12.3. The zero-order valence-electron chi connectivity index (χ0n) is 13.7. The van der Waals surface area contributed by atoms with E-state index in [-0.39, 0.29) is 5.91 Å². The molecule has 122 valence electrons. The van der Waals surface area contributed by atoms with Crippen LogP contribution in [0, 0.1) is 5.41 Å². The molecule has 1 aliphatic rings. The molecule has 0 atom stereocenters. The maximum Gasteiger partial charge on any atom is 0.309 e. The van der Waals surface area contributed by atoms with Crippen LogP contribution in [0.2, 0.25) is 0 Å². The quantitative estimate of drug-likeness (QED) is 0.746. The third-order valence-corrected chi connectivity index (χ3v) is 4.64. The summed E-state index contributed by atoms with van der Waals surface area (Å²) < 4.78 is 0. The van der Waals surface area contributed by atoms with E-state index in [1.165, 1.54) is 0 Å². The summed E-state index contributed by atoms with van der Waals surface area (Å²) >= 11 is 0. The number of carboxylic acid groups (broad SMARTS) is 1. The lowest BCUT2D eigenvalue weighted by molar-refractivity contribution is -0.152. The van der Waals surface area contributed by atoms with Gasteiger partial charge < -0.3 is 10.0 Å². The van der Waals surface area contributed by atoms with Crippen LogP contribution in [0.5, 0.6) is 0 Å². The van der Waals surface area contributed by atoms with Crippen LogP contribution in [-0.4, -0.2) is 59.5 Å². The molecule has 0 spiro atoms. The van der Waals surface area contributed by atoms with Gasteiger partial charge in [0.2, 0.25) is 5.91 Å². The number of hydrogen-bond donors (Lipinski definition) is 1. The fourth-order valence-electron chi connectivity index (χ4n) is 3.05. The van der Waals surface area contributed by atoms with E-state index in [2.05, 4.69) is 18.7 Å². The minimum Gasteiger partial charge on any atom is -0.481 e. The van der Waals surface area contributed by atoms with Gasteiger partial charge in [-0.3, -0.25) is 14.5 Å². The topological polar surface area (TPSA) is 60.9 Å². The Hall–Kier alpha value is -1.10. The van der Waals surface area contributed by atoms with Crippen LogP contribution < -0.4 is 0 Å². The molecule has 21 heavy (non-hydrogen) atoms. The van der Waals surface area contributed by atoms with Crippen LogP contribution in [0.4, 0.5) is 0 Å². The van der Waals surface area contributed by atoms with Gasteiger partial charge in [-0.25, -0.2) is 0 Å². The van der Waals surface area contributed by atoms with E-state index >= 15 is 0 Å². The van der Waals surface area contributed by atoms with E-state index in [1.54, 1.807) is 0 Å². The number of piperidine rings is 1. The molecule has 1 fully saturated rings. The molecule has 5 nitrogen and oxygen atoms in total. The Morgan fingerprint density at radius 1 is 1.10 bits per heavy atom. The minimum absolute atomic E-state index is 0.179. The lowest BCUT2D eigenvalue weighted by atomic mass is 9.76. The third-order valence-electron chi connectivity index (χ3n) is 4.64. The lowest BCUT2D eigenvalue weighted by Gasteiger charge is -2.38. The second-order valence-corrected chi connectivity index (χ2v) is 6.10. The second-order valence-electron chi connectivity index (χ2n) is 6.10. The molecule has 0 bridgehead atoms. The zero-order valence-corrected chi connectivity index (χ0v) is 13.7. The molecular weight excluding hydrogens is 268 g/mol. The smallest absolute Gasteiger partial charge is 0.309 e. The summed E-state index contributed by atoms with van der Waals surface area (Å²) in [7, 11) is 0. The van der Waals surface area contributed by atoms with Gasteiger partial charge in [0.25, 0.3) is 0 Å². The van der Waals surface area contributed by atoms with Gasteiger partial charge in [0, 0.05) is 13.1 Å². The highest BCUT2D eigenvalue weighted by Gasteiger charge is 2.40. The number of hydrogen-bond acceptors (Lipinski definition) is 3. The summed E-state index contributed by atoms with van der Waals surface area (Å²) in [5.74, 6) is -0.507. The summed E-state index contributed by atoms with van der Waals surface area (Å²) in [6, 6.07) is 0. The van der Waals surface area contributed by atoms with Gasteiger partial charge in [0.05, 0.1) is 12.0 Å². The SMILES string of the molecule is CCCN(CCC)C(=O)CN1CCC(CC)(C(=O)O)CC1. The predicted molar refractivity (Wildman–Crippen MR) is 83.2 cm³/mol. The Morgan fingerprint density at radius 3 is 2.00 bits per heavy atom. The van der Waals surface area contributed by atoms with E-state index in [0.717, 1.165) is 25.9 Å². The fourth-order valence-corrected chi connectivity index (χ4v) is 3.05. The monoisotopic (exact) mass is 298 g/mol. The number of carboxylic acids is 1. The van der Waals surface area contributed by atoms with Crippen LogP contribution in [-0.2, 0) is 9.59 Å². The van der Waals surface area contributed by atoms with Crippen LogP contribution in [0.3, 0.4) is 0 Å². The Kier molecular flexibility index (Phi) is 7.15. The van der Waals surface area contributed by atoms with Gasteiger partial charge in [-0.1, -0.05) is 20.8 Å². The van der Waals surface area contributed by atoms with Crippen molar-refractivity contribution in [1.29, 1.82) is 0 Å². The normalized spacial score (nSPS) is 18.4. The Labute approximate surface area is 128 Å². The van der Waals surface area contributed by atoms with Crippen molar-refractivity contribution in [3.63, 3.8) is 0 Å². The highest BCUT2D eigenvalue weighted by Crippen LogP contribution is 2.35. The average Bonchev–Trinajstić information content (AvgIpc) is 2.47. The Balaban J connectivity index is 2.51. The van der Waals surface area contributed by atoms with Gasteiger partial charge in [-0.2, -0.15) is 0 Å². The van der Waals surface area contributed by atoms with Gasteiger partial charge in [-0.15, -0.1) is 0 Å². The van der Waals surface area contributed by atoms with Crippen molar-refractivity contribution >= 4 is 11.9 Å². The predicted octanol–water partition coefficient (Wildman–Crippen LogP) is 2.21. The molecule has 0 radical (unpaired) electrons. The summed E-state index contributed by atoms with van der Waals surface area (Å²) in [6.45, 7) is 9.58. The number of aliphatic carboxylic acids is 1. The van der Waals surface area contributed by atoms with E-state index in [1.807, 2.05) is 11.8 Å². The summed E-state index contributed by atoms with van der Waals surface area (Å²) in [6.07, 6.45) is 3.91. The van der Waals surface area contributed by atoms with Crippen LogP contribution in [0.1, 0.15) is 52.9 Å². The first-order valence-electron chi connectivity index (χ1n) is 8.22. The number of carbonyl (C=O) groups is 2. The molecule has 0 aliphatic carbocycles. The van der Waals surface area contributed by atoms with Gasteiger partial charge in [0.15, 0.2) is 0 Å². The number of carbonyl (C=O) groups excluding carboxylic acids is 1. The molecule has 0 aromatic carbocycles. The molecule has 1 saturated heterocycles. The van der Waals surface area contributed by atoms with Gasteiger partial charge in [-0.05, 0) is 45.2 Å². The molecule has 0 saturated carbocycles. The zero-order chi connectivity index (χ0) is 15.9. The van der Waals surface area contributed by atoms with Crippen LogP contribution >= 0.6 is 0 Å². The summed E-state index contributed by atoms with van der Waals surface area (Å²) in [5, 5.41) is 9.39. The van der Waals surface area contributed by atoms with Crippen molar-refractivity contribution in [1.82, 2.24) is 9.80 Å². The molecule has 0 unspecified atom stereocenters. The van der Waals surface area contributed by atoms with Crippen molar-refractivity contribution in [2.24, 2.45) is 5.41 Å². The van der Waals surface area contributed by atoms with E-state index in [0.29, 0.717) is 38.9 Å². The highest BCUT2D eigenvalue weighted by atomic mass is 16.4. The lowest BCUT2D eigenvalue weighted by Crippen LogP contribution is -2.48. The molecule has 1 rings (SSSR count). The first-order valence-corrected chi connectivity index (χ1v) is 8.22. The number of rotatable bonds is 8. The molecule has 5 heteroatoms. The Bertz CT molecular complexity index is 343. The molecule has 1 N–H and O–H groups in total. The molecule has 1 amide bonds. The third kappa shape index (κ3) is 4.70. The average molecular weight is 298 g/mol. The molecule has 1 aliphatic heterocycles. The van der Waals surface area contributed by atoms with Crippen molar-refractivity contribution in [3.05, 3.63) is 0 Å². The van der Waals surface area contributed by atoms with Gasteiger partial charge in [0.1, 0.15) is 0 Å². The largest absolute Gasteiger partial charge is 0.481 e. The first-order chi connectivity index (χ1) is 9.99.